The van der Waals surface area contributed by atoms with Crippen molar-refractivity contribution in [3.63, 3.8) is 0 Å². The summed E-state index contributed by atoms with van der Waals surface area (Å²) in [7, 11) is 1.47. The maximum atomic E-state index is 12.2. The second kappa shape index (κ2) is 4.35. The van der Waals surface area contributed by atoms with Crippen molar-refractivity contribution in [3.8, 4) is 0 Å². The molecule has 0 aromatic heterocycles. The van der Waals surface area contributed by atoms with Crippen molar-refractivity contribution in [1.29, 1.82) is 0 Å². The summed E-state index contributed by atoms with van der Waals surface area (Å²) in [6.07, 6.45) is 1.73. The maximum absolute atomic E-state index is 12.2. The number of rotatable bonds is 2. The van der Waals surface area contributed by atoms with Crippen LogP contribution in [0.15, 0.2) is 34.8 Å². The van der Waals surface area contributed by atoms with E-state index in [2.05, 4.69) is 0 Å². The van der Waals surface area contributed by atoms with Gasteiger partial charge < -0.3 is 19.7 Å². The molecule has 0 spiro atoms. The maximum Gasteiger partial charge on any atom is 0.196 e. The van der Waals surface area contributed by atoms with E-state index in [9.17, 15) is 15.0 Å². The average Bonchev–Trinajstić information content (AvgIpc) is 2.32. The molecule has 18 heavy (non-hydrogen) atoms. The molecule has 0 aromatic carbocycles. The molecule has 0 saturated carbocycles. The number of hydrogen-bond acceptors (Lipinski definition) is 5. The summed E-state index contributed by atoms with van der Waals surface area (Å²) in [5.41, 5.74) is -0.533. The second-order valence-corrected chi connectivity index (χ2v) is 4.65. The summed E-state index contributed by atoms with van der Waals surface area (Å²) in [6, 6.07) is 0. The van der Waals surface area contributed by atoms with Gasteiger partial charge in [-0.1, -0.05) is 0 Å². The van der Waals surface area contributed by atoms with Gasteiger partial charge in [0, 0.05) is 18.3 Å². The molecule has 0 bridgehead atoms. The van der Waals surface area contributed by atoms with E-state index in [1.54, 1.807) is 13.0 Å². The Labute approximate surface area is 105 Å². The Morgan fingerprint density at radius 3 is 2.83 bits per heavy atom. The Bertz CT molecular complexity index is 482. The molecule has 0 fully saturated rings. The van der Waals surface area contributed by atoms with Gasteiger partial charge in [0.05, 0.1) is 12.9 Å². The SMILES string of the molecule is COCC1=C2C=C(C)OC=C2C(O)C(C)(O)C1=O. The molecule has 1 aliphatic carbocycles. The van der Waals surface area contributed by atoms with Crippen LogP contribution in [0.3, 0.4) is 0 Å². The van der Waals surface area contributed by atoms with Gasteiger partial charge in [0.1, 0.15) is 11.9 Å². The average molecular weight is 252 g/mol. The molecule has 2 N–H and O–H groups in total. The van der Waals surface area contributed by atoms with E-state index in [-0.39, 0.29) is 6.61 Å². The third kappa shape index (κ3) is 1.80. The lowest BCUT2D eigenvalue weighted by Gasteiger charge is -2.37. The molecule has 0 amide bonds. The van der Waals surface area contributed by atoms with Crippen LogP contribution in [0.5, 0.6) is 0 Å². The fourth-order valence-corrected chi connectivity index (χ4v) is 2.16. The van der Waals surface area contributed by atoms with Crippen LogP contribution in [-0.4, -0.2) is 41.4 Å². The normalized spacial score (nSPS) is 31.6. The number of ether oxygens (including phenoxy) is 2. The molecule has 2 atom stereocenters. The van der Waals surface area contributed by atoms with Crippen LogP contribution >= 0.6 is 0 Å². The first kappa shape index (κ1) is 13.0. The van der Waals surface area contributed by atoms with E-state index in [4.69, 9.17) is 9.47 Å². The molecule has 98 valence electrons. The fraction of sp³-hybridized carbons (Fsp3) is 0.462. The van der Waals surface area contributed by atoms with E-state index in [0.29, 0.717) is 22.5 Å². The number of Topliss-reactive ketones (excluding diaryl/α,β-unsaturated/α-hetero) is 1. The van der Waals surface area contributed by atoms with E-state index < -0.39 is 17.5 Å². The molecule has 1 aliphatic heterocycles. The quantitative estimate of drug-likeness (QED) is 0.746. The molecule has 2 aliphatic rings. The minimum Gasteiger partial charge on any atom is -0.469 e. The molecular formula is C13H16O5. The number of hydrogen-bond donors (Lipinski definition) is 2. The van der Waals surface area contributed by atoms with E-state index in [1.165, 1.54) is 20.3 Å². The largest absolute Gasteiger partial charge is 0.469 e. The lowest BCUT2D eigenvalue weighted by molar-refractivity contribution is -0.142. The third-order valence-electron chi connectivity index (χ3n) is 3.21. The first-order chi connectivity index (χ1) is 8.39. The smallest absolute Gasteiger partial charge is 0.196 e. The zero-order chi connectivity index (χ0) is 13.5. The van der Waals surface area contributed by atoms with Crippen LogP contribution in [0.1, 0.15) is 13.8 Å². The Morgan fingerprint density at radius 1 is 1.56 bits per heavy atom. The van der Waals surface area contributed by atoms with Crippen LogP contribution in [0.4, 0.5) is 0 Å². The predicted molar refractivity (Wildman–Crippen MR) is 63.5 cm³/mol. The van der Waals surface area contributed by atoms with Gasteiger partial charge in [-0.05, 0) is 25.5 Å². The van der Waals surface area contributed by atoms with Crippen molar-refractivity contribution in [3.05, 3.63) is 34.8 Å². The monoisotopic (exact) mass is 252 g/mol. The highest BCUT2D eigenvalue weighted by atomic mass is 16.5. The Balaban J connectivity index is 2.61. The first-order valence-corrected chi connectivity index (χ1v) is 5.62. The summed E-state index contributed by atoms with van der Waals surface area (Å²) in [6.45, 7) is 3.12. The topological polar surface area (TPSA) is 76.0 Å². The minimum absolute atomic E-state index is 0.0815. The zero-order valence-electron chi connectivity index (χ0n) is 10.6. The van der Waals surface area contributed by atoms with E-state index in [1.807, 2.05) is 0 Å². The highest BCUT2D eigenvalue weighted by Crippen LogP contribution is 2.37. The van der Waals surface area contributed by atoms with Crippen molar-refractivity contribution in [2.45, 2.75) is 25.6 Å². The van der Waals surface area contributed by atoms with Gasteiger partial charge in [0.15, 0.2) is 11.4 Å². The number of aliphatic hydroxyl groups excluding tert-OH is 1. The summed E-state index contributed by atoms with van der Waals surface area (Å²) in [4.78, 5) is 12.2. The van der Waals surface area contributed by atoms with Gasteiger partial charge in [-0.3, -0.25) is 4.79 Å². The van der Waals surface area contributed by atoms with Gasteiger partial charge >= 0.3 is 0 Å². The van der Waals surface area contributed by atoms with Gasteiger partial charge in [-0.15, -0.1) is 0 Å². The van der Waals surface area contributed by atoms with Crippen molar-refractivity contribution in [2.24, 2.45) is 0 Å². The number of carbonyl (C=O) groups is 1. The number of allylic oxidation sites excluding steroid dienone is 2. The van der Waals surface area contributed by atoms with Crippen LogP contribution < -0.4 is 0 Å². The Morgan fingerprint density at radius 2 is 2.22 bits per heavy atom. The van der Waals surface area contributed by atoms with Crippen LogP contribution in [0.25, 0.3) is 0 Å². The zero-order valence-corrected chi connectivity index (χ0v) is 10.6. The lowest BCUT2D eigenvalue weighted by atomic mass is 9.75. The molecule has 0 saturated heterocycles. The standard InChI is InChI=1S/C13H16O5/c1-7-4-8-9(5-17-3)11(14)13(2,16)12(15)10(8)6-18-7/h4,6,12,15-16H,5H2,1-3H3. The Kier molecular flexibility index (Phi) is 3.14. The number of fused-ring (bicyclic) bond motifs is 1. The summed E-state index contributed by atoms with van der Waals surface area (Å²) in [5, 5.41) is 20.2. The highest BCUT2D eigenvalue weighted by molar-refractivity contribution is 6.06. The second-order valence-electron chi connectivity index (χ2n) is 4.65. The molecule has 0 radical (unpaired) electrons. The third-order valence-corrected chi connectivity index (χ3v) is 3.21. The summed E-state index contributed by atoms with van der Waals surface area (Å²) in [5.74, 6) is 0.0962. The summed E-state index contributed by atoms with van der Waals surface area (Å²) < 4.78 is 10.2. The highest BCUT2D eigenvalue weighted by Gasteiger charge is 2.48. The first-order valence-electron chi connectivity index (χ1n) is 5.62. The van der Waals surface area contributed by atoms with Crippen molar-refractivity contribution in [2.75, 3.05) is 13.7 Å². The summed E-state index contributed by atoms with van der Waals surface area (Å²) >= 11 is 0. The van der Waals surface area contributed by atoms with Crippen molar-refractivity contribution < 1.29 is 24.5 Å². The molecule has 0 aromatic rings. The van der Waals surface area contributed by atoms with Crippen molar-refractivity contribution in [1.82, 2.24) is 0 Å². The molecule has 5 nitrogen and oxygen atoms in total. The van der Waals surface area contributed by atoms with Crippen LogP contribution in [0, 0.1) is 0 Å². The van der Waals surface area contributed by atoms with Gasteiger partial charge in [-0.25, -0.2) is 0 Å². The lowest BCUT2D eigenvalue weighted by Crippen LogP contribution is -2.52. The molecule has 2 unspecified atom stereocenters. The number of carbonyl (C=O) groups excluding carboxylic acids is 1. The number of ketones is 1. The number of aliphatic hydroxyl groups is 2. The number of methoxy groups -OCH3 is 1. The Hall–Kier alpha value is -1.43. The van der Waals surface area contributed by atoms with Gasteiger partial charge in [0.2, 0.25) is 0 Å². The van der Waals surface area contributed by atoms with Crippen LogP contribution in [0.2, 0.25) is 0 Å². The van der Waals surface area contributed by atoms with Crippen LogP contribution in [-0.2, 0) is 14.3 Å². The predicted octanol–water partition coefficient (Wildman–Crippen LogP) is 0.442. The molecule has 2 rings (SSSR count). The van der Waals surface area contributed by atoms with E-state index in [0.717, 1.165) is 0 Å². The van der Waals surface area contributed by atoms with Crippen molar-refractivity contribution >= 4 is 5.78 Å². The molecule has 1 heterocycles. The molecule has 5 heteroatoms. The molecular weight excluding hydrogens is 236 g/mol. The fourth-order valence-electron chi connectivity index (χ4n) is 2.16. The van der Waals surface area contributed by atoms with E-state index >= 15 is 0 Å². The minimum atomic E-state index is -1.86. The van der Waals surface area contributed by atoms with Gasteiger partial charge in [0.25, 0.3) is 0 Å². The van der Waals surface area contributed by atoms with Gasteiger partial charge in [-0.2, -0.15) is 0 Å².